The highest BCUT2D eigenvalue weighted by Gasteiger charge is 2.11. The van der Waals surface area contributed by atoms with Gasteiger partial charge in [-0.05, 0) is 6.07 Å². The van der Waals surface area contributed by atoms with Crippen LogP contribution in [0.2, 0.25) is 0 Å². The summed E-state index contributed by atoms with van der Waals surface area (Å²) in [6.45, 7) is 0. The van der Waals surface area contributed by atoms with E-state index < -0.39 is 0 Å². The molecule has 0 saturated carbocycles. The van der Waals surface area contributed by atoms with Gasteiger partial charge >= 0.3 is 0 Å². The Hall–Kier alpha value is -1.29. The highest BCUT2D eigenvalue weighted by molar-refractivity contribution is 7.18. The van der Waals surface area contributed by atoms with Crippen molar-refractivity contribution in [2.24, 2.45) is 0 Å². The summed E-state index contributed by atoms with van der Waals surface area (Å²) < 4.78 is 18.9. The molecule has 4 heteroatoms. The first-order chi connectivity index (χ1) is 6.24. The minimum absolute atomic E-state index is 0.207. The van der Waals surface area contributed by atoms with Crippen LogP contribution in [0.1, 0.15) is 0 Å². The van der Waals surface area contributed by atoms with Crippen LogP contribution < -0.4 is 10.5 Å². The van der Waals surface area contributed by atoms with Gasteiger partial charge in [-0.3, -0.25) is 0 Å². The van der Waals surface area contributed by atoms with Gasteiger partial charge in [0, 0.05) is 5.39 Å². The number of fused-ring (bicyclic) bond motifs is 1. The van der Waals surface area contributed by atoms with E-state index in [2.05, 4.69) is 0 Å². The molecule has 2 nitrogen and oxygen atoms in total. The third kappa shape index (κ3) is 1.14. The van der Waals surface area contributed by atoms with Gasteiger partial charge in [0.05, 0.1) is 17.5 Å². The minimum atomic E-state index is -0.348. The lowest BCUT2D eigenvalue weighted by atomic mass is 10.2. The number of hydrogen-bond acceptors (Lipinski definition) is 3. The molecule has 0 atom stereocenters. The van der Waals surface area contributed by atoms with Crippen LogP contribution in [-0.2, 0) is 0 Å². The molecule has 0 fully saturated rings. The molecule has 0 spiro atoms. The number of nitrogen functional groups attached to an aromatic ring is 1. The number of rotatable bonds is 1. The number of thiophene rings is 1. The Morgan fingerprint density at radius 3 is 2.92 bits per heavy atom. The van der Waals surface area contributed by atoms with Crippen molar-refractivity contribution in [2.45, 2.75) is 0 Å². The molecule has 0 aliphatic rings. The number of methoxy groups -OCH3 is 1. The Kier molecular flexibility index (Phi) is 1.84. The van der Waals surface area contributed by atoms with Gasteiger partial charge in [-0.1, -0.05) is 23.5 Å². The zero-order valence-electron chi connectivity index (χ0n) is 7.00. The van der Waals surface area contributed by atoms with Crippen molar-refractivity contribution in [1.29, 1.82) is 0 Å². The summed E-state index contributed by atoms with van der Waals surface area (Å²) in [6, 6.07) is 5.37. The van der Waals surface area contributed by atoms with Gasteiger partial charge < -0.3 is 10.5 Å². The molecule has 1 heterocycles. The Balaban J connectivity index is 2.84. The topological polar surface area (TPSA) is 35.2 Å². The molecule has 2 N–H and O–H groups in total. The lowest BCUT2D eigenvalue weighted by Gasteiger charge is -1.99. The molecule has 0 saturated heterocycles. The zero-order valence-corrected chi connectivity index (χ0v) is 7.82. The van der Waals surface area contributed by atoms with Gasteiger partial charge in [0.25, 0.3) is 0 Å². The average molecular weight is 197 g/mol. The number of benzene rings is 1. The number of nitrogens with two attached hydrogens (primary N) is 1. The van der Waals surface area contributed by atoms with Gasteiger partial charge in [0.2, 0.25) is 5.13 Å². The summed E-state index contributed by atoms with van der Waals surface area (Å²) in [5, 5.41) is 0.376. The maximum Gasteiger partial charge on any atom is 0.200 e. The molecule has 0 bridgehead atoms. The molecule has 13 heavy (non-hydrogen) atoms. The maximum absolute atomic E-state index is 13.1. The average Bonchev–Trinajstić information content (AvgIpc) is 2.43. The lowest BCUT2D eigenvalue weighted by molar-refractivity contribution is 0.420. The van der Waals surface area contributed by atoms with E-state index in [1.807, 2.05) is 0 Å². The van der Waals surface area contributed by atoms with Gasteiger partial charge in [0.1, 0.15) is 5.75 Å². The zero-order chi connectivity index (χ0) is 9.42. The van der Waals surface area contributed by atoms with Crippen LogP contribution in [0.3, 0.4) is 0 Å². The smallest absolute Gasteiger partial charge is 0.200 e. The molecule has 0 amide bonds. The van der Waals surface area contributed by atoms with E-state index in [-0.39, 0.29) is 10.8 Å². The SMILES string of the molecule is COc1cccc2c(N)c(F)sc12. The minimum Gasteiger partial charge on any atom is -0.495 e. The van der Waals surface area contributed by atoms with Crippen LogP contribution in [0.4, 0.5) is 10.1 Å². The number of anilines is 1. The van der Waals surface area contributed by atoms with Gasteiger partial charge in [-0.15, -0.1) is 0 Å². The predicted octanol–water partition coefficient (Wildman–Crippen LogP) is 2.63. The van der Waals surface area contributed by atoms with Gasteiger partial charge in [-0.2, -0.15) is 4.39 Å². The molecule has 2 aromatic rings. The van der Waals surface area contributed by atoms with Crippen LogP contribution in [-0.4, -0.2) is 7.11 Å². The second-order valence-electron chi connectivity index (χ2n) is 2.63. The van der Waals surface area contributed by atoms with E-state index in [4.69, 9.17) is 10.5 Å². The molecule has 0 radical (unpaired) electrons. The fourth-order valence-electron chi connectivity index (χ4n) is 1.24. The quantitative estimate of drug-likeness (QED) is 0.762. The van der Waals surface area contributed by atoms with Crippen LogP contribution >= 0.6 is 11.3 Å². The molecule has 1 aromatic heterocycles. The van der Waals surface area contributed by atoms with Gasteiger partial charge in [-0.25, -0.2) is 0 Å². The van der Waals surface area contributed by atoms with E-state index in [1.54, 1.807) is 25.3 Å². The largest absolute Gasteiger partial charge is 0.495 e. The summed E-state index contributed by atoms with van der Waals surface area (Å²) >= 11 is 1.01. The number of ether oxygens (including phenoxy) is 1. The van der Waals surface area contributed by atoms with E-state index in [0.29, 0.717) is 5.75 Å². The van der Waals surface area contributed by atoms with Crippen molar-refractivity contribution in [3.8, 4) is 5.75 Å². The van der Waals surface area contributed by atoms with Crippen molar-refractivity contribution in [3.63, 3.8) is 0 Å². The van der Waals surface area contributed by atoms with Crippen LogP contribution in [0, 0.1) is 5.13 Å². The lowest BCUT2D eigenvalue weighted by Crippen LogP contribution is -1.85. The second kappa shape index (κ2) is 2.88. The van der Waals surface area contributed by atoms with Crippen LogP contribution in [0.25, 0.3) is 10.1 Å². The van der Waals surface area contributed by atoms with E-state index in [1.165, 1.54) is 0 Å². The summed E-state index contributed by atoms with van der Waals surface area (Å²) in [7, 11) is 1.56. The van der Waals surface area contributed by atoms with Crippen LogP contribution in [0.15, 0.2) is 18.2 Å². The monoisotopic (exact) mass is 197 g/mol. The molecular weight excluding hydrogens is 189 g/mol. The molecule has 0 aliphatic heterocycles. The Bertz CT molecular complexity index is 452. The molecule has 0 unspecified atom stereocenters. The van der Waals surface area contributed by atoms with E-state index in [0.717, 1.165) is 21.4 Å². The Morgan fingerprint density at radius 1 is 1.46 bits per heavy atom. The fourth-order valence-corrected chi connectivity index (χ4v) is 2.18. The highest BCUT2D eigenvalue weighted by Crippen LogP contribution is 2.37. The van der Waals surface area contributed by atoms with E-state index in [9.17, 15) is 4.39 Å². The first-order valence-corrected chi connectivity index (χ1v) is 4.56. The molecule has 1 aromatic carbocycles. The summed E-state index contributed by atoms with van der Waals surface area (Å²) in [6.07, 6.45) is 0. The highest BCUT2D eigenvalue weighted by atomic mass is 32.1. The summed E-state index contributed by atoms with van der Waals surface area (Å²) in [4.78, 5) is 0. The predicted molar refractivity (Wildman–Crippen MR) is 52.7 cm³/mol. The van der Waals surface area contributed by atoms with Crippen molar-refractivity contribution >= 4 is 27.1 Å². The first-order valence-electron chi connectivity index (χ1n) is 3.74. The van der Waals surface area contributed by atoms with Crippen LogP contribution in [0.5, 0.6) is 5.75 Å². The van der Waals surface area contributed by atoms with Crippen molar-refractivity contribution in [1.82, 2.24) is 0 Å². The molecule has 0 aliphatic carbocycles. The summed E-state index contributed by atoms with van der Waals surface area (Å²) in [5.74, 6) is 0.665. The van der Waals surface area contributed by atoms with Crippen molar-refractivity contribution in [3.05, 3.63) is 23.3 Å². The third-order valence-electron chi connectivity index (χ3n) is 1.89. The molecule has 68 valence electrons. The Morgan fingerprint density at radius 2 is 2.23 bits per heavy atom. The third-order valence-corrected chi connectivity index (χ3v) is 2.92. The fraction of sp³-hybridized carbons (Fsp3) is 0.111. The first kappa shape index (κ1) is 8.31. The number of hydrogen-bond donors (Lipinski definition) is 1. The number of halogens is 1. The molecular formula is C9H8FNOS. The van der Waals surface area contributed by atoms with Gasteiger partial charge in [0.15, 0.2) is 0 Å². The van der Waals surface area contributed by atoms with Crippen molar-refractivity contribution < 1.29 is 9.13 Å². The molecule has 2 rings (SSSR count). The second-order valence-corrected chi connectivity index (χ2v) is 3.60. The maximum atomic E-state index is 13.1. The Labute approximate surface area is 78.7 Å². The standard InChI is InChI=1S/C9H8FNOS/c1-12-6-4-2-3-5-7(11)9(10)13-8(5)6/h2-4H,11H2,1H3. The summed E-state index contributed by atoms with van der Waals surface area (Å²) in [5.41, 5.74) is 5.75. The normalized spacial score (nSPS) is 10.6. The van der Waals surface area contributed by atoms with Crippen molar-refractivity contribution in [2.75, 3.05) is 12.8 Å². The van der Waals surface area contributed by atoms with E-state index >= 15 is 0 Å².